The van der Waals surface area contributed by atoms with E-state index in [4.69, 9.17) is 9.47 Å². The predicted octanol–water partition coefficient (Wildman–Crippen LogP) is 3.71. The third-order valence-corrected chi connectivity index (χ3v) is 10.1. The Kier molecular flexibility index (Phi) is 8.78. The van der Waals surface area contributed by atoms with Crippen LogP contribution in [0.1, 0.15) is 19.3 Å². The fraction of sp³-hybridized carbons (Fsp3) is 0.296. The number of sulfonamides is 2. The summed E-state index contributed by atoms with van der Waals surface area (Å²) >= 11 is 0. The summed E-state index contributed by atoms with van der Waals surface area (Å²) in [5.41, 5.74) is 0.522. The molecule has 1 aliphatic rings. The lowest BCUT2D eigenvalue weighted by atomic mass is 10.2. The van der Waals surface area contributed by atoms with Gasteiger partial charge < -0.3 is 14.8 Å². The van der Waals surface area contributed by atoms with Crippen LogP contribution in [0.4, 0.5) is 11.4 Å². The topological polar surface area (TPSA) is 122 Å². The van der Waals surface area contributed by atoms with Gasteiger partial charge in [0.2, 0.25) is 15.9 Å². The Balaban J connectivity index is 1.57. The molecule has 208 valence electrons. The summed E-state index contributed by atoms with van der Waals surface area (Å²) in [4.78, 5) is 13.2. The van der Waals surface area contributed by atoms with E-state index in [-0.39, 0.29) is 21.2 Å². The average Bonchev–Trinajstić information content (AvgIpc) is 2.96. The first-order valence-electron chi connectivity index (χ1n) is 12.4. The van der Waals surface area contributed by atoms with Crippen LogP contribution in [0.5, 0.6) is 11.5 Å². The Morgan fingerprint density at radius 2 is 1.44 bits per heavy atom. The number of carbonyl (C=O) groups is 1. The number of methoxy groups -OCH3 is 2. The van der Waals surface area contributed by atoms with E-state index in [1.807, 2.05) is 0 Å². The summed E-state index contributed by atoms with van der Waals surface area (Å²) in [6.07, 6.45) is 2.67. The molecule has 10 nitrogen and oxygen atoms in total. The number of hydrogen-bond donors (Lipinski definition) is 1. The SMILES string of the molecule is COc1ccc(S(=O)(=O)N(CC(=O)Nc2ccc(S(=O)(=O)N3CCCCC3)cc2)c2ccccc2OC)cc1. The highest BCUT2D eigenvalue weighted by molar-refractivity contribution is 7.93. The van der Waals surface area contributed by atoms with Gasteiger partial charge in [0.1, 0.15) is 18.0 Å². The maximum absolute atomic E-state index is 13.7. The first kappa shape index (κ1) is 28.4. The standard InChI is InChI=1S/C27H31N3O7S2/c1-36-22-12-16-24(17-13-22)39(34,35)30(25-8-4-5-9-26(25)37-2)20-27(31)28-21-10-14-23(15-11-21)38(32,33)29-18-6-3-7-19-29/h4-5,8-17H,3,6-7,18-20H2,1-2H3,(H,28,31). The summed E-state index contributed by atoms with van der Waals surface area (Å²) in [5, 5.41) is 2.67. The molecule has 0 saturated carbocycles. The zero-order valence-electron chi connectivity index (χ0n) is 21.7. The molecule has 1 heterocycles. The molecule has 1 amide bonds. The van der Waals surface area contributed by atoms with Crippen molar-refractivity contribution in [2.45, 2.75) is 29.1 Å². The minimum atomic E-state index is -4.19. The second-order valence-electron chi connectivity index (χ2n) is 8.90. The largest absolute Gasteiger partial charge is 0.497 e. The molecule has 0 unspecified atom stereocenters. The Morgan fingerprint density at radius 1 is 0.821 bits per heavy atom. The number of nitrogens with zero attached hydrogens (tertiary/aromatic N) is 2. The fourth-order valence-electron chi connectivity index (χ4n) is 4.31. The highest BCUT2D eigenvalue weighted by Crippen LogP contribution is 2.32. The van der Waals surface area contributed by atoms with Crippen molar-refractivity contribution in [2.24, 2.45) is 0 Å². The van der Waals surface area contributed by atoms with Gasteiger partial charge in [-0.1, -0.05) is 18.6 Å². The number of rotatable bonds is 10. The molecule has 0 radical (unpaired) electrons. The van der Waals surface area contributed by atoms with Gasteiger partial charge in [-0.2, -0.15) is 4.31 Å². The first-order chi connectivity index (χ1) is 18.7. The van der Waals surface area contributed by atoms with Crippen LogP contribution < -0.4 is 19.1 Å². The Labute approximate surface area is 229 Å². The quantitative estimate of drug-likeness (QED) is 0.392. The maximum Gasteiger partial charge on any atom is 0.264 e. The van der Waals surface area contributed by atoms with E-state index >= 15 is 0 Å². The molecule has 0 spiro atoms. The molecule has 4 rings (SSSR count). The van der Waals surface area contributed by atoms with Gasteiger partial charge in [0.25, 0.3) is 10.0 Å². The normalized spacial score (nSPS) is 14.4. The Morgan fingerprint density at radius 3 is 2.05 bits per heavy atom. The van der Waals surface area contributed by atoms with Gasteiger partial charge in [-0.3, -0.25) is 9.10 Å². The predicted molar refractivity (Wildman–Crippen MR) is 148 cm³/mol. The number of para-hydroxylation sites is 2. The molecule has 1 N–H and O–H groups in total. The molecule has 39 heavy (non-hydrogen) atoms. The van der Waals surface area contributed by atoms with Crippen LogP contribution >= 0.6 is 0 Å². The summed E-state index contributed by atoms with van der Waals surface area (Å²) in [5.74, 6) is 0.139. The molecule has 1 aliphatic heterocycles. The van der Waals surface area contributed by atoms with E-state index in [1.165, 1.54) is 67.1 Å². The highest BCUT2D eigenvalue weighted by atomic mass is 32.2. The summed E-state index contributed by atoms with van der Waals surface area (Å²) in [7, 11) is -4.91. The van der Waals surface area contributed by atoms with E-state index in [1.54, 1.807) is 24.3 Å². The third-order valence-electron chi connectivity index (χ3n) is 6.38. The van der Waals surface area contributed by atoms with Crippen LogP contribution in [0.2, 0.25) is 0 Å². The van der Waals surface area contributed by atoms with E-state index < -0.39 is 32.5 Å². The molecule has 0 atom stereocenters. The smallest absolute Gasteiger partial charge is 0.264 e. The number of piperidine rings is 1. The van der Waals surface area contributed by atoms with Crippen LogP contribution in [0, 0.1) is 0 Å². The zero-order chi connectivity index (χ0) is 28.0. The fourth-order valence-corrected chi connectivity index (χ4v) is 7.25. The maximum atomic E-state index is 13.7. The number of anilines is 2. The molecule has 1 fully saturated rings. The first-order valence-corrected chi connectivity index (χ1v) is 15.2. The second kappa shape index (κ2) is 12.1. The van der Waals surface area contributed by atoms with Crippen molar-refractivity contribution >= 4 is 37.3 Å². The van der Waals surface area contributed by atoms with Crippen LogP contribution in [0.15, 0.2) is 82.6 Å². The average molecular weight is 574 g/mol. The van der Waals surface area contributed by atoms with Crippen molar-refractivity contribution in [2.75, 3.05) is 43.5 Å². The number of ether oxygens (including phenoxy) is 2. The number of carbonyl (C=O) groups excluding carboxylic acids is 1. The van der Waals surface area contributed by atoms with Gasteiger partial charge >= 0.3 is 0 Å². The van der Waals surface area contributed by atoms with Gasteiger partial charge in [0.05, 0.1) is 29.7 Å². The van der Waals surface area contributed by atoms with E-state index in [0.717, 1.165) is 23.6 Å². The van der Waals surface area contributed by atoms with Crippen LogP contribution in [-0.4, -0.2) is 60.9 Å². The second-order valence-corrected chi connectivity index (χ2v) is 12.7. The summed E-state index contributed by atoms with van der Waals surface area (Å²) in [6.45, 7) is 0.424. The van der Waals surface area contributed by atoms with Crippen molar-refractivity contribution in [3.05, 3.63) is 72.8 Å². The van der Waals surface area contributed by atoms with Crippen LogP contribution in [0.25, 0.3) is 0 Å². The molecule has 3 aromatic rings. The molecule has 12 heteroatoms. The van der Waals surface area contributed by atoms with Crippen LogP contribution in [-0.2, 0) is 24.8 Å². The zero-order valence-corrected chi connectivity index (χ0v) is 23.4. The number of nitrogens with one attached hydrogen (secondary N) is 1. The van der Waals surface area contributed by atoms with E-state index in [9.17, 15) is 21.6 Å². The molecule has 0 bridgehead atoms. The van der Waals surface area contributed by atoms with Gasteiger partial charge in [-0.25, -0.2) is 16.8 Å². The molecule has 0 aliphatic carbocycles. The molecule has 3 aromatic carbocycles. The lowest BCUT2D eigenvalue weighted by molar-refractivity contribution is -0.114. The summed E-state index contributed by atoms with van der Waals surface area (Å²) < 4.78 is 66.1. The van der Waals surface area contributed by atoms with Crippen LogP contribution in [0.3, 0.4) is 0 Å². The van der Waals surface area contributed by atoms with Gasteiger partial charge in [-0.15, -0.1) is 0 Å². The van der Waals surface area contributed by atoms with Gasteiger partial charge in [0.15, 0.2) is 0 Å². The Hall–Kier alpha value is -3.61. The minimum Gasteiger partial charge on any atom is -0.497 e. The van der Waals surface area contributed by atoms with Gasteiger partial charge in [0, 0.05) is 18.8 Å². The minimum absolute atomic E-state index is 0.0331. The third kappa shape index (κ3) is 6.35. The lowest BCUT2D eigenvalue weighted by Crippen LogP contribution is -2.38. The molecular formula is C27H31N3O7S2. The monoisotopic (exact) mass is 573 g/mol. The van der Waals surface area contributed by atoms with Crippen molar-refractivity contribution in [3.63, 3.8) is 0 Å². The van der Waals surface area contributed by atoms with Crippen molar-refractivity contribution in [3.8, 4) is 11.5 Å². The number of amides is 1. The van der Waals surface area contributed by atoms with E-state index in [0.29, 0.717) is 24.5 Å². The number of hydrogen-bond acceptors (Lipinski definition) is 7. The highest BCUT2D eigenvalue weighted by Gasteiger charge is 2.30. The van der Waals surface area contributed by atoms with Gasteiger partial charge in [-0.05, 0) is 73.5 Å². The Bertz CT molecular complexity index is 1500. The van der Waals surface area contributed by atoms with Crippen molar-refractivity contribution in [1.82, 2.24) is 4.31 Å². The summed E-state index contributed by atoms with van der Waals surface area (Å²) in [6, 6.07) is 18.2. The molecule has 0 aromatic heterocycles. The lowest BCUT2D eigenvalue weighted by Gasteiger charge is -2.26. The number of benzene rings is 3. The van der Waals surface area contributed by atoms with Crippen molar-refractivity contribution < 1.29 is 31.1 Å². The molecular weight excluding hydrogens is 542 g/mol. The van der Waals surface area contributed by atoms with Crippen molar-refractivity contribution in [1.29, 1.82) is 0 Å². The molecule has 1 saturated heterocycles. The van der Waals surface area contributed by atoms with E-state index in [2.05, 4.69) is 5.32 Å².